The summed E-state index contributed by atoms with van der Waals surface area (Å²) in [6, 6.07) is -0.382. The van der Waals surface area contributed by atoms with Gasteiger partial charge in [0.1, 0.15) is 0 Å². The smallest absolute Gasteiger partial charge is 0.315 e. The van der Waals surface area contributed by atoms with Gasteiger partial charge in [-0.2, -0.15) is 0 Å². The molecule has 0 spiro atoms. The van der Waals surface area contributed by atoms with E-state index in [0.717, 1.165) is 5.57 Å². The first kappa shape index (κ1) is 13.5. The Morgan fingerprint density at radius 3 is 2.27 bits per heavy atom. The molecule has 0 aromatic rings. The Labute approximate surface area is 89.6 Å². The number of hydrogen-bond donors (Lipinski definition) is 3. The molecule has 3 N–H and O–H groups in total. The standard InChI is InChI=1S/C10H18N2O3/c1-7(2)5-11-9(15)12-6-10(3,4)8(13)14/h1,5-6H2,2-4H3,(H,13,14)(H2,11,12,15). The molecule has 0 rings (SSSR count). The van der Waals surface area contributed by atoms with E-state index in [1.807, 2.05) is 0 Å². The van der Waals surface area contributed by atoms with E-state index in [-0.39, 0.29) is 12.6 Å². The lowest BCUT2D eigenvalue weighted by molar-refractivity contribution is -0.146. The van der Waals surface area contributed by atoms with Gasteiger partial charge in [0.25, 0.3) is 0 Å². The van der Waals surface area contributed by atoms with E-state index in [0.29, 0.717) is 6.54 Å². The van der Waals surface area contributed by atoms with Crippen LogP contribution < -0.4 is 10.6 Å². The summed E-state index contributed by atoms with van der Waals surface area (Å²) in [6.45, 7) is 9.00. The van der Waals surface area contributed by atoms with Crippen molar-refractivity contribution in [3.05, 3.63) is 12.2 Å². The third kappa shape index (κ3) is 5.72. The molecule has 0 unspecified atom stereocenters. The van der Waals surface area contributed by atoms with Crippen LogP contribution >= 0.6 is 0 Å². The molecule has 2 amide bonds. The summed E-state index contributed by atoms with van der Waals surface area (Å²) in [4.78, 5) is 21.9. The molecular weight excluding hydrogens is 196 g/mol. The molecule has 0 atom stereocenters. The molecule has 0 saturated carbocycles. The van der Waals surface area contributed by atoms with E-state index in [9.17, 15) is 9.59 Å². The molecule has 5 heteroatoms. The Morgan fingerprint density at radius 2 is 1.87 bits per heavy atom. The maximum absolute atomic E-state index is 11.2. The Morgan fingerprint density at radius 1 is 1.33 bits per heavy atom. The Balaban J connectivity index is 3.90. The van der Waals surface area contributed by atoms with Crippen molar-refractivity contribution in [2.45, 2.75) is 20.8 Å². The van der Waals surface area contributed by atoms with Crippen LogP contribution in [0.15, 0.2) is 12.2 Å². The second-order valence-corrected chi connectivity index (χ2v) is 4.18. The predicted molar refractivity (Wildman–Crippen MR) is 57.6 cm³/mol. The van der Waals surface area contributed by atoms with Crippen molar-refractivity contribution >= 4 is 12.0 Å². The van der Waals surface area contributed by atoms with Gasteiger partial charge in [-0.3, -0.25) is 4.79 Å². The van der Waals surface area contributed by atoms with Crippen molar-refractivity contribution < 1.29 is 14.7 Å². The molecule has 0 aromatic heterocycles. The van der Waals surface area contributed by atoms with Crippen LogP contribution in [0, 0.1) is 5.41 Å². The molecule has 0 aliphatic carbocycles. The first-order valence-electron chi connectivity index (χ1n) is 4.65. The largest absolute Gasteiger partial charge is 0.481 e. The van der Waals surface area contributed by atoms with Gasteiger partial charge in [-0.15, -0.1) is 0 Å². The van der Waals surface area contributed by atoms with Crippen molar-refractivity contribution in [3.63, 3.8) is 0 Å². The zero-order valence-corrected chi connectivity index (χ0v) is 9.39. The second kappa shape index (κ2) is 5.38. The first-order valence-corrected chi connectivity index (χ1v) is 4.65. The first-order chi connectivity index (χ1) is 6.75. The highest BCUT2D eigenvalue weighted by molar-refractivity contribution is 5.77. The monoisotopic (exact) mass is 214 g/mol. The van der Waals surface area contributed by atoms with Crippen LogP contribution in [0.25, 0.3) is 0 Å². The SMILES string of the molecule is C=C(C)CNC(=O)NCC(C)(C)C(=O)O. The van der Waals surface area contributed by atoms with E-state index in [2.05, 4.69) is 17.2 Å². The highest BCUT2D eigenvalue weighted by atomic mass is 16.4. The quantitative estimate of drug-likeness (QED) is 0.597. The van der Waals surface area contributed by atoms with E-state index in [4.69, 9.17) is 5.11 Å². The lowest BCUT2D eigenvalue weighted by Gasteiger charge is -2.19. The van der Waals surface area contributed by atoms with E-state index in [1.165, 1.54) is 0 Å². The number of urea groups is 1. The van der Waals surface area contributed by atoms with Crippen molar-refractivity contribution in [2.75, 3.05) is 13.1 Å². The molecule has 0 aliphatic rings. The van der Waals surface area contributed by atoms with Crippen LogP contribution in [0.3, 0.4) is 0 Å². The van der Waals surface area contributed by atoms with Gasteiger partial charge in [0.2, 0.25) is 0 Å². The molecule has 5 nitrogen and oxygen atoms in total. The average Bonchev–Trinajstić information content (AvgIpc) is 2.11. The molecule has 0 bridgehead atoms. The van der Waals surface area contributed by atoms with Crippen LogP contribution in [0.5, 0.6) is 0 Å². The van der Waals surface area contributed by atoms with Gasteiger partial charge < -0.3 is 15.7 Å². The Bertz CT molecular complexity index is 272. The summed E-state index contributed by atoms with van der Waals surface area (Å²) >= 11 is 0. The Hall–Kier alpha value is -1.52. The van der Waals surface area contributed by atoms with Crippen LogP contribution in [0.4, 0.5) is 4.79 Å². The third-order valence-electron chi connectivity index (χ3n) is 1.82. The zero-order valence-electron chi connectivity index (χ0n) is 9.39. The maximum Gasteiger partial charge on any atom is 0.315 e. The molecule has 0 heterocycles. The number of carboxylic acid groups (broad SMARTS) is 1. The van der Waals surface area contributed by atoms with Gasteiger partial charge in [0.15, 0.2) is 0 Å². The maximum atomic E-state index is 11.2. The van der Waals surface area contributed by atoms with E-state index >= 15 is 0 Å². The molecule has 0 fully saturated rings. The number of rotatable bonds is 5. The summed E-state index contributed by atoms with van der Waals surface area (Å²) in [5.41, 5.74) is -0.122. The predicted octanol–water partition coefficient (Wildman–Crippen LogP) is 0.972. The molecule has 15 heavy (non-hydrogen) atoms. The molecule has 0 aromatic carbocycles. The minimum Gasteiger partial charge on any atom is -0.481 e. The number of amides is 2. The fraction of sp³-hybridized carbons (Fsp3) is 0.600. The van der Waals surface area contributed by atoms with E-state index in [1.54, 1.807) is 20.8 Å². The van der Waals surface area contributed by atoms with Crippen molar-refractivity contribution in [1.82, 2.24) is 10.6 Å². The lowest BCUT2D eigenvalue weighted by Crippen LogP contribution is -2.43. The number of nitrogens with one attached hydrogen (secondary N) is 2. The van der Waals surface area contributed by atoms with Gasteiger partial charge in [0.05, 0.1) is 5.41 Å². The topological polar surface area (TPSA) is 78.4 Å². The summed E-state index contributed by atoms with van der Waals surface area (Å²) in [5, 5.41) is 13.8. The van der Waals surface area contributed by atoms with Crippen LogP contribution in [-0.2, 0) is 4.79 Å². The van der Waals surface area contributed by atoms with E-state index < -0.39 is 11.4 Å². The van der Waals surface area contributed by atoms with Gasteiger partial charge in [-0.25, -0.2) is 4.79 Å². The minimum atomic E-state index is -0.958. The number of carboxylic acids is 1. The summed E-state index contributed by atoms with van der Waals surface area (Å²) < 4.78 is 0. The van der Waals surface area contributed by atoms with Gasteiger partial charge in [-0.05, 0) is 20.8 Å². The molecule has 0 radical (unpaired) electrons. The highest BCUT2D eigenvalue weighted by Gasteiger charge is 2.27. The third-order valence-corrected chi connectivity index (χ3v) is 1.82. The molecule has 0 saturated heterocycles. The van der Waals surface area contributed by atoms with Crippen LogP contribution in [0.1, 0.15) is 20.8 Å². The number of aliphatic carboxylic acids is 1. The van der Waals surface area contributed by atoms with Gasteiger partial charge in [-0.1, -0.05) is 12.2 Å². The van der Waals surface area contributed by atoms with Crippen LogP contribution in [-0.4, -0.2) is 30.2 Å². The number of carbonyl (C=O) groups excluding carboxylic acids is 1. The lowest BCUT2D eigenvalue weighted by atomic mass is 9.94. The summed E-state index contributed by atoms with van der Waals surface area (Å²) in [5.74, 6) is -0.942. The fourth-order valence-electron chi connectivity index (χ4n) is 0.671. The molecule has 0 aliphatic heterocycles. The number of carbonyl (C=O) groups is 2. The van der Waals surface area contributed by atoms with Crippen LogP contribution in [0.2, 0.25) is 0 Å². The highest BCUT2D eigenvalue weighted by Crippen LogP contribution is 2.12. The fourth-order valence-corrected chi connectivity index (χ4v) is 0.671. The minimum absolute atomic E-state index is 0.0877. The van der Waals surface area contributed by atoms with Crippen molar-refractivity contribution in [1.29, 1.82) is 0 Å². The second-order valence-electron chi connectivity index (χ2n) is 4.18. The van der Waals surface area contributed by atoms with Gasteiger partial charge >= 0.3 is 12.0 Å². The van der Waals surface area contributed by atoms with Crippen molar-refractivity contribution in [2.24, 2.45) is 5.41 Å². The summed E-state index contributed by atoms with van der Waals surface area (Å²) in [7, 11) is 0. The Kier molecular flexibility index (Phi) is 4.84. The van der Waals surface area contributed by atoms with Crippen molar-refractivity contribution in [3.8, 4) is 0 Å². The zero-order chi connectivity index (χ0) is 12.1. The van der Waals surface area contributed by atoms with Gasteiger partial charge in [0, 0.05) is 13.1 Å². The molecular formula is C10H18N2O3. The summed E-state index contributed by atoms with van der Waals surface area (Å²) in [6.07, 6.45) is 0. The molecule has 86 valence electrons. The normalized spacial score (nSPS) is 10.6. The number of hydrogen-bond acceptors (Lipinski definition) is 2. The average molecular weight is 214 g/mol.